The Morgan fingerprint density at radius 2 is 1.46 bits per heavy atom. The summed E-state index contributed by atoms with van der Waals surface area (Å²) in [5.74, 6) is -5.36. The number of hydrogen-bond acceptors (Lipinski definition) is 1. The normalized spacial score (nSPS) is 18.0. The predicted molar refractivity (Wildman–Crippen MR) is 136 cm³/mol. The van der Waals surface area contributed by atoms with E-state index in [1.807, 2.05) is 32.1 Å². The molecule has 0 spiro atoms. The Morgan fingerprint density at radius 3 is 2.11 bits per heavy atom. The highest BCUT2D eigenvalue weighted by molar-refractivity contribution is 5.66. The lowest BCUT2D eigenvalue weighted by Crippen LogP contribution is -2.24. The van der Waals surface area contributed by atoms with Gasteiger partial charge in [0.1, 0.15) is 5.82 Å². The van der Waals surface area contributed by atoms with E-state index in [9.17, 15) is 8.78 Å². The van der Waals surface area contributed by atoms with Crippen LogP contribution >= 0.6 is 0 Å². The summed E-state index contributed by atoms with van der Waals surface area (Å²) in [5, 5.41) is 0. The van der Waals surface area contributed by atoms with Crippen LogP contribution in [0.25, 0.3) is 11.1 Å². The van der Waals surface area contributed by atoms with Crippen LogP contribution in [-0.2, 0) is 24.0 Å². The summed E-state index contributed by atoms with van der Waals surface area (Å²) in [6.45, 7) is 4.15. The largest absolute Gasteiger partial charge is 0.374 e. The van der Waals surface area contributed by atoms with Crippen LogP contribution in [0.15, 0.2) is 54.6 Å². The Bertz CT molecular complexity index is 1280. The van der Waals surface area contributed by atoms with Crippen LogP contribution in [0.3, 0.4) is 0 Å². The molecule has 0 aromatic heterocycles. The minimum absolute atomic E-state index is 0.0408. The summed E-state index contributed by atoms with van der Waals surface area (Å²) in [5.41, 5.74) is 0.823. The topological polar surface area (TPSA) is 9.23 Å². The van der Waals surface area contributed by atoms with Gasteiger partial charge in [-0.2, -0.15) is 0 Å². The minimum Gasteiger partial charge on any atom is -0.374 e. The van der Waals surface area contributed by atoms with Crippen LogP contribution in [0.1, 0.15) is 61.3 Å². The number of aryl methyl sites for hydroxylation is 3. The molecule has 0 saturated carbocycles. The first kappa shape index (κ1) is 27.1. The van der Waals surface area contributed by atoms with Crippen molar-refractivity contribution in [3.63, 3.8) is 0 Å². The lowest BCUT2D eigenvalue weighted by atomic mass is 9.89. The Morgan fingerprint density at radius 1 is 0.784 bits per heavy atom. The number of benzene rings is 3. The highest BCUT2D eigenvalue weighted by Gasteiger charge is 2.27. The summed E-state index contributed by atoms with van der Waals surface area (Å²) < 4.78 is 80.1. The smallest absolute Gasteiger partial charge is 0.167 e. The van der Waals surface area contributed by atoms with Gasteiger partial charge in [0.25, 0.3) is 0 Å². The predicted octanol–water partition coefficient (Wildman–Crippen LogP) is 8.63. The number of rotatable bonds is 8. The highest BCUT2D eigenvalue weighted by atomic mass is 19.2. The number of halogens is 5. The zero-order valence-electron chi connectivity index (χ0n) is 21.1. The number of hydrogen-bond donors (Lipinski definition) is 0. The lowest BCUT2D eigenvalue weighted by Gasteiger charge is -2.28. The average Bonchev–Trinajstić information content (AvgIpc) is 2.89. The summed E-state index contributed by atoms with van der Waals surface area (Å²) in [7, 11) is 0. The van der Waals surface area contributed by atoms with Crippen molar-refractivity contribution >= 4 is 0 Å². The molecule has 1 heterocycles. The molecule has 1 nitrogen and oxygen atoms in total. The van der Waals surface area contributed by atoms with Gasteiger partial charge in [0.2, 0.25) is 0 Å². The molecule has 0 N–H and O–H groups in total. The SMILES string of the molecule is C/C=C/C1CCC(c2ccc(-c3ccc(CCc4ccc(CCC)cc4F)c(F)c3F)c(F)c2F)CO1. The van der Waals surface area contributed by atoms with Crippen molar-refractivity contribution in [1.29, 1.82) is 0 Å². The van der Waals surface area contributed by atoms with E-state index in [0.29, 0.717) is 18.4 Å². The van der Waals surface area contributed by atoms with Gasteiger partial charge >= 0.3 is 0 Å². The molecule has 37 heavy (non-hydrogen) atoms. The van der Waals surface area contributed by atoms with E-state index in [2.05, 4.69) is 0 Å². The van der Waals surface area contributed by atoms with Crippen LogP contribution in [-0.4, -0.2) is 12.7 Å². The van der Waals surface area contributed by atoms with E-state index in [1.54, 1.807) is 6.07 Å². The Hall–Kier alpha value is -2.99. The van der Waals surface area contributed by atoms with Crippen LogP contribution in [0.2, 0.25) is 0 Å². The van der Waals surface area contributed by atoms with Crippen molar-refractivity contribution < 1.29 is 26.7 Å². The molecular formula is C31H31F5O. The first-order chi connectivity index (χ1) is 17.8. The molecule has 0 aliphatic carbocycles. The van der Waals surface area contributed by atoms with E-state index in [4.69, 9.17) is 4.74 Å². The molecule has 2 atom stereocenters. The molecular weight excluding hydrogens is 483 g/mol. The molecule has 0 radical (unpaired) electrons. The van der Waals surface area contributed by atoms with Crippen LogP contribution < -0.4 is 0 Å². The monoisotopic (exact) mass is 514 g/mol. The van der Waals surface area contributed by atoms with Crippen LogP contribution in [0.4, 0.5) is 22.0 Å². The summed E-state index contributed by atoms with van der Waals surface area (Å²) in [6, 6.07) is 10.3. The third kappa shape index (κ3) is 5.96. The maximum atomic E-state index is 15.1. The van der Waals surface area contributed by atoms with Gasteiger partial charge in [0, 0.05) is 17.0 Å². The van der Waals surface area contributed by atoms with Crippen LogP contribution in [0.5, 0.6) is 0 Å². The third-order valence-corrected chi connectivity index (χ3v) is 7.04. The molecule has 3 aromatic rings. The van der Waals surface area contributed by atoms with E-state index < -0.39 is 23.3 Å². The molecule has 196 valence electrons. The summed E-state index contributed by atoms with van der Waals surface area (Å²) in [4.78, 5) is 0. The van der Waals surface area contributed by atoms with Crippen molar-refractivity contribution in [2.75, 3.05) is 6.61 Å². The summed E-state index contributed by atoms with van der Waals surface area (Å²) in [6.07, 6.45) is 7.01. The van der Waals surface area contributed by atoms with Crippen molar-refractivity contribution in [2.24, 2.45) is 0 Å². The van der Waals surface area contributed by atoms with Crippen molar-refractivity contribution in [3.05, 3.63) is 106 Å². The molecule has 4 rings (SSSR count). The first-order valence-corrected chi connectivity index (χ1v) is 12.8. The van der Waals surface area contributed by atoms with Gasteiger partial charge in [-0.1, -0.05) is 61.9 Å². The summed E-state index contributed by atoms with van der Waals surface area (Å²) >= 11 is 0. The number of allylic oxidation sites excluding steroid dienone is 1. The Labute approximate surface area is 215 Å². The molecule has 1 fully saturated rings. The van der Waals surface area contributed by atoms with E-state index in [1.165, 1.54) is 30.3 Å². The fraction of sp³-hybridized carbons (Fsp3) is 0.355. The van der Waals surface area contributed by atoms with Crippen molar-refractivity contribution in [3.8, 4) is 11.1 Å². The highest BCUT2D eigenvalue weighted by Crippen LogP contribution is 2.36. The molecule has 1 saturated heterocycles. The average molecular weight is 515 g/mol. The van der Waals surface area contributed by atoms with E-state index in [-0.39, 0.29) is 59.5 Å². The third-order valence-electron chi connectivity index (χ3n) is 7.04. The zero-order valence-corrected chi connectivity index (χ0v) is 21.1. The molecule has 1 aliphatic heterocycles. The zero-order chi connectivity index (χ0) is 26.5. The first-order valence-electron chi connectivity index (χ1n) is 12.8. The van der Waals surface area contributed by atoms with Gasteiger partial charge in [-0.25, -0.2) is 22.0 Å². The Balaban J connectivity index is 1.52. The molecule has 2 unspecified atom stereocenters. The molecule has 0 amide bonds. The van der Waals surface area contributed by atoms with E-state index >= 15 is 13.2 Å². The fourth-order valence-corrected chi connectivity index (χ4v) is 4.97. The minimum atomic E-state index is -1.25. The second kappa shape index (κ2) is 12.0. The quantitative estimate of drug-likeness (QED) is 0.216. The molecule has 6 heteroatoms. The van der Waals surface area contributed by atoms with Crippen molar-refractivity contribution in [1.82, 2.24) is 0 Å². The van der Waals surface area contributed by atoms with Crippen molar-refractivity contribution in [2.45, 2.75) is 64.4 Å². The number of ether oxygens (including phenoxy) is 1. The van der Waals surface area contributed by atoms with Gasteiger partial charge in [0.15, 0.2) is 23.3 Å². The van der Waals surface area contributed by atoms with Gasteiger partial charge in [0.05, 0.1) is 12.7 Å². The molecule has 1 aliphatic rings. The standard InChI is InChI=1S/C31H31F5O/c1-3-5-19-7-8-20(27(32)17-19)9-10-21-12-14-25(30(35)28(21)33)26-16-15-24(29(34)31(26)36)22-11-13-23(6-4-2)37-18-22/h4,6-8,12,14-17,22-23H,3,5,9-11,13,18H2,1-2H3/b6-4+. The van der Waals surface area contributed by atoms with E-state index in [0.717, 1.165) is 18.4 Å². The lowest BCUT2D eigenvalue weighted by molar-refractivity contribution is 0.0317. The van der Waals surface area contributed by atoms with Gasteiger partial charge in [-0.05, 0) is 67.3 Å². The maximum absolute atomic E-state index is 15.1. The van der Waals surface area contributed by atoms with Gasteiger partial charge in [-0.15, -0.1) is 0 Å². The van der Waals surface area contributed by atoms with Gasteiger partial charge in [-0.3, -0.25) is 0 Å². The second-order valence-corrected chi connectivity index (χ2v) is 9.58. The molecule has 0 bridgehead atoms. The molecule has 3 aromatic carbocycles. The maximum Gasteiger partial charge on any atom is 0.167 e. The fourth-order valence-electron chi connectivity index (χ4n) is 4.97. The second-order valence-electron chi connectivity index (χ2n) is 9.58. The van der Waals surface area contributed by atoms with Gasteiger partial charge < -0.3 is 4.74 Å². The van der Waals surface area contributed by atoms with Crippen LogP contribution in [0, 0.1) is 29.1 Å². The Kier molecular flexibility index (Phi) is 8.80.